The molecule has 190 valence electrons. The van der Waals surface area contributed by atoms with Crippen LogP contribution in [-0.2, 0) is 22.6 Å². The average molecular weight is 518 g/mol. The average Bonchev–Trinajstić information content (AvgIpc) is 3.27. The molecule has 7 nitrogen and oxygen atoms in total. The fraction of sp³-hybridized carbons (Fsp3) is 0.360. The number of sulfonamides is 1. The standard InChI is InChI=1S/C25H26F3N5O2S/c1-32-11-13-33(14-12-32)23-16-18(25(26,27)28)4-7-22(23)21-6-3-17-15-19(5-8-20(17)21)36(34,35)31-24-29-9-2-10-30-24/h2,4-5,7-10,15-16,21H,3,6,11-14H2,1H3,(H,29,30,31)/t21-/m1/s1. The zero-order chi connectivity index (χ0) is 25.5. The number of halogens is 3. The van der Waals surface area contributed by atoms with E-state index in [1.165, 1.54) is 24.5 Å². The van der Waals surface area contributed by atoms with Gasteiger partial charge in [-0.05, 0) is 66.9 Å². The number of aryl methyl sites for hydroxylation is 1. The molecule has 0 spiro atoms. The molecule has 0 saturated carbocycles. The molecule has 11 heteroatoms. The number of rotatable bonds is 5. The maximum absolute atomic E-state index is 13.6. The highest BCUT2D eigenvalue weighted by Crippen LogP contribution is 2.44. The van der Waals surface area contributed by atoms with Crippen LogP contribution in [0.3, 0.4) is 0 Å². The summed E-state index contributed by atoms with van der Waals surface area (Å²) in [4.78, 5) is 12.1. The van der Waals surface area contributed by atoms with E-state index in [-0.39, 0.29) is 16.8 Å². The smallest absolute Gasteiger partial charge is 0.369 e. The summed E-state index contributed by atoms with van der Waals surface area (Å²) in [6, 6.07) is 10.5. The monoisotopic (exact) mass is 517 g/mol. The second kappa shape index (κ2) is 9.36. The molecule has 0 radical (unpaired) electrons. The van der Waals surface area contributed by atoms with Crippen molar-refractivity contribution in [3.8, 4) is 0 Å². The number of aromatic nitrogens is 2. The van der Waals surface area contributed by atoms with Gasteiger partial charge < -0.3 is 9.80 Å². The molecule has 0 unspecified atom stereocenters. The van der Waals surface area contributed by atoms with Crippen LogP contribution >= 0.6 is 0 Å². The number of likely N-dealkylation sites (N-methyl/N-ethyl adjacent to an activating group) is 1. The molecular formula is C25H26F3N5O2S. The number of hydrogen-bond acceptors (Lipinski definition) is 6. The summed E-state index contributed by atoms with van der Waals surface area (Å²) in [7, 11) is -1.88. The Balaban J connectivity index is 1.48. The van der Waals surface area contributed by atoms with E-state index < -0.39 is 21.8 Å². The van der Waals surface area contributed by atoms with Gasteiger partial charge in [-0.2, -0.15) is 13.2 Å². The molecule has 0 bridgehead atoms. The van der Waals surface area contributed by atoms with E-state index in [1.54, 1.807) is 24.3 Å². The predicted octanol–water partition coefficient (Wildman–Crippen LogP) is 4.13. The second-order valence-electron chi connectivity index (χ2n) is 9.19. The van der Waals surface area contributed by atoms with Crippen molar-refractivity contribution in [2.75, 3.05) is 42.8 Å². The highest BCUT2D eigenvalue weighted by atomic mass is 32.2. The van der Waals surface area contributed by atoms with E-state index in [0.717, 1.165) is 35.8 Å². The van der Waals surface area contributed by atoms with Gasteiger partial charge in [0, 0.05) is 50.2 Å². The number of nitrogens with one attached hydrogen (secondary N) is 1. The van der Waals surface area contributed by atoms with Gasteiger partial charge in [0.25, 0.3) is 10.0 Å². The first-order valence-electron chi connectivity index (χ1n) is 11.7. The van der Waals surface area contributed by atoms with Crippen LogP contribution in [0.15, 0.2) is 59.8 Å². The number of anilines is 2. The number of fused-ring (bicyclic) bond motifs is 1. The third-order valence-electron chi connectivity index (χ3n) is 6.87. The van der Waals surface area contributed by atoms with Crippen molar-refractivity contribution >= 4 is 21.7 Å². The predicted molar refractivity (Wildman–Crippen MR) is 131 cm³/mol. The Morgan fingerprint density at radius 1 is 0.972 bits per heavy atom. The van der Waals surface area contributed by atoms with Gasteiger partial charge in [0.15, 0.2) is 0 Å². The second-order valence-corrected chi connectivity index (χ2v) is 10.9. The van der Waals surface area contributed by atoms with Crippen LogP contribution in [0.2, 0.25) is 0 Å². The number of benzene rings is 2. The topological polar surface area (TPSA) is 78.4 Å². The van der Waals surface area contributed by atoms with Gasteiger partial charge in [-0.3, -0.25) is 0 Å². The molecule has 1 aromatic heterocycles. The lowest BCUT2D eigenvalue weighted by atomic mass is 9.90. The maximum atomic E-state index is 13.6. The van der Waals surface area contributed by atoms with Crippen molar-refractivity contribution in [2.45, 2.75) is 29.8 Å². The zero-order valence-electron chi connectivity index (χ0n) is 19.7. The minimum Gasteiger partial charge on any atom is -0.369 e. The van der Waals surface area contributed by atoms with Crippen LogP contribution in [0.5, 0.6) is 0 Å². The van der Waals surface area contributed by atoms with Gasteiger partial charge in [-0.25, -0.2) is 23.1 Å². The van der Waals surface area contributed by atoms with Crippen LogP contribution in [0.1, 0.15) is 34.6 Å². The molecule has 1 fully saturated rings. The van der Waals surface area contributed by atoms with Gasteiger partial charge >= 0.3 is 6.18 Å². The Morgan fingerprint density at radius 3 is 2.36 bits per heavy atom. The van der Waals surface area contributed by atoms with Crippen LogP contribution in [-0.4, -0.2) is 56.5 Å². The van der Waals surface area contributed by atoms with Gasteiger partial charge in [-0.15, -0.1) is 0 Å². The summed E-state index contributed by atoms with van der Waals surface area (Å²) in [6.45, 7) is 2.84. The number of hydrogen-bond donors (Lipinski definition) is 1. The quantitative estimate of drug-likeness (QED) is 0.549. The fourth-order valence-corrected chi connectivity index (χ4v) is 5.96. The highest BCUT2D eigenvalue weighted by Gasteiger charge is 2.34. The Labute approximate surface area is 208 Å². The van der Waals surface area contributed by atoms with Crippen molar-refractivity contribution < 1.29 is 21.6 Å². The van der Waals surface area contributed by atoms with E-state index in [1.807, 2.05) is 11.9 Å². The molecule has 1 atom stereocenters. The highest BCUT2D eigenvalue weighted by molar-refractivity contribution is 7.92. The first kappa shape index (κ1) is 24.5. The lowest BCUT2D eigenvalue weighted by Crippen LogP contribution is -2.45. The van der Waals surface area contributed by atoms with Crippen LogP contribution in [0.25, 0.3) is 0 Å². The molecule has 1 aliphatic carbocycles. The third kappa shape index (κ3) is 4.90. The normalized spacial score (nSPS) is 18.8. The SMILES string of the molecule is CN1CCN(c2cc(C(F)(F)F)ccc2[C@@H]2CCc3cc(S(=O)(=O)Nc4ncccn4)ccc32)CC1. The Bertz CT molecular complexity index is 1360. The molecule has 1 aliphatic heterocycles. The minimum atomic E-state index is -4.42. The summed E-state index contributed by atoms with van der Waals surface area (Å²) in [5.41, 5.74) is 2.61. The fourth-order valence-electron chi connectivity index (χ4n) is 4.95. The molecule has 2 heterocycles. The van der Waals surface area contributed by atoms with E-state index in [4.69, 9.17) is 0 Å². The molecule has 0 amide bonds. The number of piperazine rings is 1. The lowest BCUT2D eigenvalue weighted by molar-refractivity contribution is -0.137. The third-order valence-corrected chi connectivity index (χ3v) is 8.20. The van der Waals surface area contributed by atoms with Crippen molar-refractivity contribution in [1.29, 1.82) is 0 Å². The summed E-state index contributed by atoms with van der Waals surface area (Å²) in [6.07, 6.45) is -0.207. The van der Waals surface area contributed by atoms with Crippen LogP contribution in [0, 0.1) is 0 Å². The summed E-state index contributed by atoms with van der Waals surface area (Å²) >= 11 is 0. The number of alkyl halides is 3. The molecule has 1 N–H and O–H groups in total. The Kier molecular flexibility index (Phi) is 6.37. The van der Waals surface area contributed by atoms with Crippen molar-refractivity contribution in [3.05, 3.63) is 77.1 Å². The largest absolute Gasteiger partial charge is 0.416 e. The molecular weight excluding hydrogens is 491 g/mol. The van der Waals surface area contributed by atoms with E-state index in [2.05, 4.69) is 19.6 Å². The van der Waals surface area contributed by atoms with Gasteiger partial charge in [0.05, 0.1) is 10.5 Å². The molecule has 36 heavy (non-hydrogen) atoms. The zero-order valence-corrected chi connectivity index (χ0v) is 20.5. The van der Waals surface area contributed by atoms with Gasteiger partial charge in [0.1, 0.15) is 0 Å². The first-order chi connectivity index (χ1) is 17.1. The van der Waals surface area contributed by atoms with Crippen molar-refractivity contribution in [1.82, 2.24) is 14.9 Å². The minimum absolute atomic E-state index is 0.0163. The van der Waals surface area contributed by atoms with Crippen molar-refractivity contribution in [2.24, 2.45) is 0 Å². The van der Waals surface area contributed by atoms with Crippen molar-refractivity contribution in [3.63, 3.8) is 0 Å². The summed E-state index contributed by atoms with van der Waals surface area (Å²) in [5.74, 6) is -0.128. The van der Waals surface area contributed by atoms with Gasteiger partial charge in [0.2, 0.25) is 5.95 Å². The Morgan fingerprint density at radius 2 is 1.67 bits per heavy atom. The lowest BCUT2D eigenvalue weighted by Gasteiger charge is -2.36. The summed E-state index contributed by atoms with van der Waals surface area (Å²) in [5, 5.41) is 0. The maximum Gasteiger partial charge on any atom is 0.416 e. The van der Waals surface area contributed by atoms with E-state index >= 15 is 0 Å². The molecule has 1 saturated heterocycles. The molecule has 3 aromatic rings. The first-order valence-corrected chi connectivity index (χ1v) is 13.2. The van der Waals surface area contributed by atoms with Gasteiger partial charge in [-0.1, -0.05) is 12.1 Å². The summed E-state index contributed by atoms with van der Waals surface area (Å²) < 4.78 is 68.8. The number of nitrogens with zero attached hydrogens (tertiary/aromatic N) is 4. The molecule has 5 rings (SSSR count). The molecule has 2 aliphatic rings. The van der Waals surface area contributed by atoms with Crippen LogP contribution < -0.4 is 9.62 Å². The van der Waals surface area contributed by atoms with E-state index in [9.17, 15) is 21.6 Å². The molecule has 2 aromatic carbocycles. The van der Waals surface area contributed by atoms with Crippen LogP contribution in [0.4, 0.5) is 24.8 Å². The Hall–Kier alpha value is -3.18. The van der Waals surface area contributed by atoms with E-state index in [0.29, 0.717) is 31.6 Å².